The number of aromatic nitrogens is 3. The lowest BCUT2D eigenvalue weighted by atomic mass is 10.1. The molecule has 0 saturated carbocycles. The highest BCUT2D eigenvalue weighted by Crippen LogP contribution is 2.31. The Morgan fingerprint density at radius 2 is 1.80 bits per heavy atom. The fraction of sp³-hybridized carbons (Fsp3) is 0.250. The van der Waals surface area contributed by atoms with Gasteiger partial charge in [0.1, 0.15) is 17.8 Å². The number of nitrogens with two attached hydrogens (primary N) is 1. The van der Waals surface area contributed by atoms with Crippen LogP contribution in [0.3, 0.4) is 0 Å². The van der Waals surface area contributed by atoms with Gasteiger partial charge in [0.2, 0.25) is 0 Å². The molecule has 20 heavy (non-hydrogen) atoms. The highest BCUT2D eigenvalue weighted by Gasteiger charge is 2.19. The molecule has 1 unspecified atom stereocenters. The number of hydrogen-bond donors (Lipinski definition) is 1. The summed E-state index contributed by atoms with van der Waals surface area (Å²) in [5.41, 5.74) is 10.5. The molecule has 0 aliphatic carbocycles. The van der Waals surface area contributed by atoms with E-state index in [1.54, 1.807) is 0 Å². The molecule has 2 N–H and O–H groups in total. The maximum atomic E-state index is 6.01. The number of benzene rings is 1. The molecule has 0 aliphatic rings. The van der Waals surface area contributed by atoms with E-state index in [-0.39, 0.29) is 6.04 Å². The minimum absolute atomic E-state index is 0.210. The Balaban J connectivity index is 2.27. The van der Waals surface area contributed by atoms with E-state index in [9.17, 15) is 0 Å². The summed E-state index contributed by atoms with van der Waals surface area (Å²) in [6.45, 7) is 6.36. The summed E-state index contributed by atoms with van der Waals surface area (Å²) in [5.74, 6) is 0.551. The van der Waals surface area contributed by atoms with Crippen LogP contribution in [0, 0.1) is 13.8 Å². The second kappa shape index (κ2) is 4.63. The quantitative estimate of drug-likeness (QED) is 0.774. The van der Waals surface area contributed by atoms with Crippen molar-refractivity contribution in [1.29, 1.82) is 0 Å². The summed E-state index contributed by atoms with van der Waals surface area (Å²) >= 11 is 0. The van der Waals surface area contributed by atoms with Gasteiger partial charge < -0.3 is 10.3 Å². The Labute approximate surface area is 118 Å². The van der Waals surface area contributed by atoms with Gasteiger partial charge in [-0.05, 0) is 31.9 Å². The molecular formula is C16H18N4. The van der Waals surface area contributed by atoms with Crippen LogP contribution in [0.1, 0.15) is 29.8 Å². The monoisotopic (exact) mass is 266 g/mol. The van der Waals surface area contributed by atoms with Crippen LogP contribution in [0.4, 0.5) is 5.82 Å². The molecule has 4 heteroatoms. The van der Waals surface area contributed by atoms with E-state index in [0.717, 1.165) is 16.6 Å². The van der Waals surface area contributed by atoms with E-state index >= 15 is 0 Å². The fourth-order valence-corrected chi connectivity index (χ4v) is 2.81. The van der Waals surface area contributed by atoms with E-state index in [2.05, 4.69) is 59.6 Å². The normalized spacial score (nSPS) is 12.8. The minimum atomic E-state index is 0.210. The van der Waals surface area contributed by atoms with Crippen molar-refractivity contribution in [2.75, 3.05) is 5.73 Å². The topological polar surface area (TPSA) is 56.7 Å². The Bertz CT molecular complexity index is 759. The van der Waals surface area contributed by atoms with Crippen LogP contribution in [0.15, 0.2) is 36.7 Å². The predicted octanol–water partition coefficient (Wildman–Crippen LogP) is 3.24. The van der Waals surface area contributed by atoms with E-state index < -0.39 is 0 Å². The number of anilines is 1. The van der Waals surface area contributed by atoms with E-state index in [1.165, 1.54) is 17.6 Å². The van der Waals surface area contributed by atoms with Crippen molar-refractivity contribution in [3.05, 3.63) is 53.5 Å². The fourth-order valence-electron chi connectivity index (χ4n) is 2.81. The van der Waals surface area contributed by atoms with Gasteiger partial charge in [-0.25, -0.2) is 9.97 Å². The van der Waals surface area contributed by atoms with Gasteiger partial charge >= 0.3 is 0 Å². The summed E-state index contributed by atoms with van der Waals surface area (Å²) in [4.78, 5) is 8.55. The number of nitrogen functional groups attached to an aromatic ring is 1. The molecular weight excluding hydrogens is 248 g/mol. The molecule has 0 aliphatic heterocycles. The van der Waals surface area contributed by atoms with Crippen molar-refractivity contribution in [2.24, 2.45) is 0 Å². The Kier molecular flexibility index (Phi) is 2.93. The zero-order chi connectivity index (χ0) is 14.3. The third-order valence-electron chi connectivity index (χ3n) is 4.03. The van der Waals surface area contributed by atoms with Crippen molar-refractivity contribution in [3.8, 4) is 0 Å². The van der Waals surface area contributed by atoms with Gasteiger partial charge in [0.05, 0.1) is 11.4 Å². The third kappa shape index (κ3) is 1.76. The van der Waals surface area contributed by atoms with Gasteiger partial charge in [-0.15, -0.1) is 0 Å². The number of hydrogen-bond acceptors (Lipinski definition) is 3. The average Bonchev–Trinajstić information content (AvgIpc) is 2.72. The third-order valence-corrected chi connectivity index (χ3v) is 4.03. The van der Waals surface area contributed by atoms with Gasteiger partial charge in [0.15, 0.2) is 0 Å². The van der Waals surface area contributed by atoms with E-state index in [4.69, 9.17) is 5.73 Å². The molecule has 0 bridgehead atoms. The lowest BCUT2D eigenvalue weighted by Crippen LogP contribution is -2.09. The Hall–Kier alpha value is -2.36. The van der Waals surface area contributed by atoms with Crippen molar-refractivity contribution < 1.29 is 0 Å². The van der Waals surface area contributed by atoms with Crippen molar-refractivity contribution >= 4 is 16.9 Å². The molecule has 3 rings (SSSR count). The molecule has 0 radical (unpaired) electrons. The zero-order valence-electron chi connectivity index (χ0n) is 12.0. The second-order valence-electron chi connectivity index (χ2n) is 5.12. The molecule has 1 atom stereocenters. The van der Waals surface area contributed by atoms with Crippen LogP contribution in [0.5, 0.6) is 0 Å². The van der Waals surface area contributed by atoms with Crippen LogP contribution >= 0.6 is 0 Å². The summed E-state index contributed by atoms with van der Waals surface area (Å²) < 4.78 is 2.23. The van der Waals surface area contributed by atoms with Gasteiger partial charge in [-0.3, -0.25) is 0 Å². The first-order chi connectivity index (χ1) is 9.61. The number of fused-ring (bicyclic) bond motifs is 1. The molecule has 4 nitrogen and oxygen atoms in total. The number of aryl methyl sites for hydroxylation is 1. The molecule has 3 aromatic rings. The molecule has 0 saturated heterocycles. The summed E-state index contributed by atoms with van der Waals surface area (Å²) in [6, 6.07) is 10.6. The minimum Gasteiger partial charge on any atom is -0.383 e. The van der Waals surface area contributed by atoms with Crippen LogP contribution in [-0.2, 0) is 0 Å². The maximum Gasteiger partial charge on any atom is 0.146 e. The largest absolute Gasteiger partial charge is 0.383 e. The SMILES string of the molecule is Cc1c(C)n(C(C)c2ccccc2)c2ncnc(N)c12. The Morgan fingerprint density at radius 1 is 1.10 bits per heavy atom. The van der Waals surface area contributed by atoms with Crippen molar-refractivity contribution in [1.82, 2.24) is 14.5 Å². The summed E-state index contributed by atoms with van der Waals surface area (Å²) in [5, 5.41) is 0.966. The van der Waals surface area contributed by atoms with E-state index in [0.29, 0.717) is 5.82 Å². The first-order valence-corrected chi connectivity index (χ1v) is 6.73. The summed E-state index contributed by atoms with van der Waals surface area (Å²) in [7, 11) is 0. The smallest absolute Gasteiger partial charge is 0.146 e. The Morgan fingerprint density at radius 3 is 2.50 bits per heavy atom. The lowest BCUT2D eigenvalue weighted by molar-refractivity contribution is 0.639. The highest BCUT2D eigenvalue weighted by atomic mass is 15.1. The van der Waals surface area contributed by atoms with E-state index in [1.807, 2.05) is 6.07 Å². The molecule has 2 aromatic heterocycles. The van der Waals surface area contributed by atoms with Gasteiger partial charge in [-0.1, -0.05) is 30.3 Å². The first-order valence-electron chi connectivity index (χ1n) is 6.73. The lowest BCUT2D eigenvalue weighted by Gasteiger charge is -2.17. The predicted molar refractivity (Wildman–Crippen MR) is 81.7 cm³/mol. The standard InChI is InChI=1S/C16H18N4/c1-10-11(2)20(12(3)13-7-5-4-6-8-13)16-14(10)15(17)18-9-19-16/h4-9,12H,1-3H3,(H2,17,18,19). The molecule has 2 heterocycles. The molecule has 0 amide bonds. The molecule has 102 valence electrons. The number of rotatable bonds is 2. The van der Waals surface area contributed by atoms with Crippen molar-refractivity contribution in [2.45, 2.75) is 26.8 Å². The van der Waals surface area contributed by atoms with Gasteiger partial charge in [0, 0.05) is 5.69 Å². The van der Waals surface area contributed by atoms with Crippen LogP contribution in [-0.4, -0.2) is 14.5 Å². The summed E-state index contributed by atoms with van der Waals surface area (Å²) in [6.07, 6.45) is 1.53. The average molecular weight is 266 g/mol. The first kappa shape index (κ1) is 12.7. The van der Waals surface area contributed by atoms with Gasteiger partial charge in [0.25, 0.3) is 0 Å². The zero-order valence-corrected chi connectivity index (χ0v) is 12.0. The van der Waals surface area contributed by atoms with Crippen molar-refractivity contribution in [3.63, 3.8) is 0 Å². The highest BCUT2D eigenvalue weighted by molar-refractivity contribution is 5.90. The molecule has 0 spiro atoms. The van der Waals surface area contributed by atoms with Gasteiger partial charge in [-0.2, -0.15) is 0 Å². The molecule has 0 fully saturated rings. The number of nitrogens with zero attached hydrogens (tertiary/aromatic N) is 3. The van der Waals surface area contributed by atoms with Crippen LogP contribution < -0.4 is 5.73 Å². The van der Waals surface area contributed by atoms with Crippen LogP contribution in [0.25, 0.3) is 11.0 Å². The second-order valence-corrected chi connectivity index (χ2v) is 5.12. The van der Waals surface area contributed by atoms with Crippen LogP contribution in [0.2, 0.25) is 0 Å². The maximum absolute atomic E-state index is 6.01. The molecule has 1 aromatic carbocycles.